The number of hydrogen-bond acceptors (Lipinski definition) is 6. The topological polar surface area (TPSA) is 111 Å². The van der Waals surface area contributed by atoms with Crippen LogP contribution in [0.5, 0.6) is 0 Å². The Balaban J connectivity index is 1.70. The van der Waals surface area contributed by atoms with Gasteiger partial charge < -0.3 is 20.8 Å². The number of oxazole rings is 1. The van der Waals surface area contributed by atoms with E-state index in [1.807, 2.05) is 17.0 Å². The molecule has 8 nitrogen and oxygen atoms in total. The Morgan fingerprint density at radius 1 is 1.44 bits per heavy atom. The van der Waals surface area contributed by atoms with Crippen molar-refractivity contribution < 1.29 is 9.21 Å². The predicted octanol–water partition coefficient (Wildman–Crippen LogP) is 2.46. The monoisotopic (exact) mass is 388 g/mol. The van der Waals surface area contributed by atoms with Crippen LogP contribution < -0.4 is 16.4 Å². The number of hydrogen-bond donors (Lipinski definition) is 3. The van der Waals surface area contributed by atoms with Crippen LogP contribution in [0.4, 0.5) is 6.01 Å². The van der Waals surface area contributed by atoms with Crippen molar-refractivity contribution in [1.29, 1.82) is 0 Å². The standard InChI is InChI=1S/C18H21ClN6O2/c19-6-1-2-13(3-9-22-17(26)16-12-27-18(20)24-16)14-10-23-25(11-14)15-4-7-21-8-5-15/h1-3,6,9-12,15,21H,4-5,7-8H2,(H2,20,24)(H,22,26)/b6-1+,9-3+,13-2+. The lowest BCUT2D eigenvalue weighted by atomic mass is 10.1. The molecule has 0 aliphatic carbocycles. The maximum atomic E-state index is 12.0. The lowest BCUT2D eigenvalue weighted by Crippen LogP contribution is -2.29. The van der Waals surface area contributed by atoms with Gasteiger partial charge in [0, 0.05) is 23.5 Å². The lowest BCUT2D eigenvalue weighted by Gasteiger charge is -2.22. The molecule has 1 saturated heterocycles. The summed E-state index contributed by atoms with van der Waals surface area (Å²) in [5.74, 6) is -0.413. The Labute approximate surface area is 161 Å². The van der Waals surface area contributed by atoms with Crippen LogP contribution in [0.2, 0.25) is 0 Å². The third kappa shape index (κ3) is 5.08. The molecule has 2 aromatic heterocycles. The maximum absolute atomic E-state index is 12.0. The molecule has 1 aliphatic heterocycles. The molecule has 4 N–H and O–H groups in total. The van der Waals surface area contributed by atoms with E-state index in [1.54, 1.807) is 18.3 Å². The fourth-order valence-electron chi connectivity index (χ4n) is 2.82. The SMILES string of the molecule is Nc1nc(C(=O)N/C=C/C(=C\C=C\Cl)c2cnn(C3CCNCC3)c2)co1. The summed E-state index contributed by atoms with van der Waals surface area (Å²) in [6, 6.07) is 0.341. The molecule has 0 spiro atoms. The molecule has 0 atom stereocenters. The van der Waals surface area contributed by atoms with Crippen molar-refractivity contribution in [3.63, 3.8) is 0 Å². The molecular weight excluding hydrogens is 368 g/mol. The number of aromatic nitrogens is 3. The van der Waals surface area contributed by atoms with Crippen LogP contribution >= 0.6 is 11.6 Å². The molecule has 1 amide bonds. The molecule has 27 heavy (non-hydrogen) atoms. The Kier molecular flexibility index (Phi) is 6.45. The molecule has 0 radical (unpaired) electrons. The second-order valence-electron chi connectivity index (χ2n) is 6.01. The number of carbonyl (C=O) groups is 1. The van der Waals surface area contributed by atoms with Crippen LogP contribution in [-0.4, -0.2) is 33.8 Å². The molecule has 2 aromatic rings. The number of carbonyl (C=O) groups excluding carboxylic acids is 1. The minimum atomic E-state index is -0.413. The lowest BCUT2D eigenvalue weighted by molar-refractivity contribution is 0.0965. The fourth-order valence-corrected chi connectivity index (χ4v) is 2.89. The van der Waals surface area contributed by atoms with Crippen LogP contribution in [0.3, 0.4) is 0 Å². The van der Waals surface area contributed by atoms with Gasteiger partial charge in [0.15, 0.2) is 5.69 Å². The number of nitrogens with two attached hydrogens (primary N) is 1. The molecule has 1 aliphatic rings. The number of rotatable bonds is 6. The number of nitrogen functional groups attached to an aromatic ring is 1. The van der Waals surface area contributed by atoms with Gasteiger partial charge in [0.2, 0.25) is 0 Å². The molecule has 142 valence electrons. The number of nitrogens with one attached hydrogen (secondary N) is 2. The molecule has 0 bridgehead atoms. The van der Waals surface area contributed by atoms with E-state index in [-0.39, 0.29) is 11.7 Å². The first kappa shape index (κ1) is 18.9. The van der Waals surface area contributed by atoms with Crippen molar-refractivity contribution in [3.8, 4) is 0 Å². The van der Waals surface area contributed by atoms with E-state index in [9.17, 15) is 4.79 Å². The summed E-state index contributed by atoms with van der Waals surface area (Å²) in [5.41, 5.74) is 8.69. The highest BCUT2D eigenvalue weighted by Gasteiger charge is 2.16. The summed E-state index contributed by atoms with van der Waals surface area (Å²) in [6.45, 7) is 1.99. The van der Waals surface area contributed by atoms with Crippen LogP contribution in [0.25, 0.3) is 5.57 Å². The molecule has 1 fully saturated rings. The molecule has 9 heteroatoms. The number of halogens is 1. The highest BCUT2D eigenvalue weighted by molar-refractivity contribution is 6.25. The van der Waals surface area contributed by atoms with Gasteiger partial charge in [-0.25, -0.2) is 0 Å². The van der Waals surface area contributed by atoms with Gasteiger partial charge in [-0.1, -0.05) is 23.8 Å². The molecule has 3 rings (SSSR count). The Bertz CT molecular complexity index is 861. The van der Waals surface area contributed by atoms with E-state index in [1.165, 1.54) is 18.0 Å². The van der Waals surface area contributed by atoms with Crippen molar-refractivity contribution in [1.82, 2.24) is 25.4 Å². The Morgan fingerprint density at radius 2 is 2.26 bits per heavy atom. The van der Waals surface area contributed by atoms with Crippen LogP contribution in [0.15, 0.2) is 53.0 Å². The highest BCUT2D eigenvalue weighted by Crippen LogP contribution is 2.21. The second kappa shape index (κ2) is 9.20. The van der Waals surface area contributed by atoms with Crippen molar-refractivity contribution >= 4 is 29.1 Å². The minimum absolute atomic E-state index is 0.0534. The van der Waals surface area contributed by atoms with E-state index in [4.69, 9.17) is 21.8 Å². The van der Waals surface area contributed by atoms with Gasteiger partial charge in [-0.3, -0.25) is 9.48 Å². The number of nitrogens with zero attached hydrogens (tertiary/aromatic N) is 3. The predicted molar refractivity (Wildman–Crippen MR) is 104 cm³/mol. The van der Waals surface area contributed by atoms with Gasteiger partial charge in [-0.2, -0.15) is 10.1 Å². The number of anilines is 1. The van der Waals surface area contributed by atoms with E-state index in [0.717, 1.165) is 37.1 Å². The average molecular weight is 389 g/mol. The summed E-state index contributed by atoms with van der Waals surface area (Å²) in [6.07, 6.45) is 14.0. The summed E-state index contributed by atoms with van der Waals surface area (Å²) >= 11 is 5.65. The summed E-state index contributed by atoms with van der Waals surface area (Å²) in [7, 11) is 0. The number of allylic oxidation sites excluding steroid dienone is 4. The van der Waals surface area contributed by atoms with Gasteiger partial charge in [0.05, 0.1) is 12.2 Å². The highest BCUT2D eigenvalue weighted by atomic mass is 35.5. The van der Waals surface area contributed by atoms with Gasteiger partial charge in [0.1, 0.15) is 6.26 Å². The molecule has 0 aromatic carbocycles. The van der Waals surface area contributed by atoms with E-state index >= 15 is 0 Å². The van der Waals surface area contributed by atoms with Crippen LogP contribution in [0.1, 0.15) is 34.9 Å². The summed E-state index contributed by atoms with van der Waals surface area (Å²) in [4.78, 5) is 15.8. The van der Waals surface area contributed by atoms with Gasteiger partial charge >= 0.3 is 0 Å². The third-order valence-corrected chi connectivity index (χ3v) is 4.34. The second-order valence-corrected chi connectivity index (χ2v) is 6.26. The van der Waals surface area contributed by atoms with Crippen LogP contribution in [-0.2, 0) is 0 Å². The molecular formula is C18H21ClN6O2. The first-order valence-corrected chi connectivity index (χ1v) is 9.01. The fraction of sp³-hybridized carbons (Fsp3) is 0.278. The molecule has 3 heterocycles. The smallest absolute Gasteiger partial charge is 0.292 e. The average Bonchev–Trinajstić information content (AvgIpc) is 3.34. The van der Waals surface area contributed by atoms with Crippen molar-refractivity contribution in [2.45, 2.75) is 18.9 Å². The zero-order chi connectivity index (χ0) is 19.1. The first-order chi connectivity index (χ1) is 13.2. The first-order valence-electron chi connectivity index (χ1n) is 8.58. The van der Waals surface area contributed by atoms with Crippen LogP contribution in [0, 0.1) is 0 Å². The summed E-state index contributed by atoms with van der Waals surface area (Å²) in [5, 5.41) is 10.5. The number of piperidine rings is 1. The third-order valence-electron chi connectivity index (χ3n) is 4.20. The van der Waals surface area contributed by atoms with E-state index in [2.05, 4.69) is 20.7 Å². The quantitative estimate of drug-likeness (QED) is 0.655. The Hall–Kier alpha value is -2.84. The minimum Gasteiger partial charge on any atom is -0.431 e. The van der Waals surface area contributed by atoms with Gasteiger partial charge in [-0.05, 0) is 37.6 Å². The van der Waals surface area contributed by atoms with Crippen molar-refractivity contribution in [3.05, 3.63) is 59.9 Å². The number of amides is 1. The zero-order valence-corrected chi connectivity index (χ0v) is 15.4. The van der Waals surface area contributed by atoms with E-state index in [0.29, 0.717) is 6.04 Å². The molecule has 0 saturated carbocycles. The maximum Gasteiger partial charge on any atom is 0.292 e. The molecule has 0 unspecified atom stereocenters. The van der Waals surface area contributed by atoms with Gasteiger partial charge in [0.25, 0.3) is 11.9 Å². The summed E-state index contributed by atoms with van der Waals surface area (Å²) < 4.78 is 6.83. The van der Waals surface area contributed by atoms with Gasteiger partial charge in [-0.15, -0.1) is 0 Å². The normalized spacial score (nSPS) is 16.4. The zero-order valence-electron chi connectivity index (χ0n) is 14.6. The van der Waals surface area contributed by atoms with Crippen molar-refractivity contribution in [2.75, 3.05) is 18.8 Å². The largest absolute Gasteiger partial charge is 0.431 e. The Morgan fingerprint density at radius 3 is 2.96 bits per heavy atom. The van der Waals surface area contributed by atoms with Crippen molar-refractivity contribution in [2.24, 2.45) is 0 Å². The van der Waals surface area contributed by atoms with E-state index < -0.39 is 5.91 Å².